The minimum atomic E-state index is -3.84. The monoisotopic (exact) mass is 609 g/mol. The minimum Gasteiger partial charge on any atom is -0.353 e. The van der Waals surface area contributed by atoms with Crippen LogP contribution < -0.4 is 21.1 Å². The first kappa shape index (κ1) is 30.3. The second-order valence-electron chi connectivity index (χ2n) is 11.4. The molecule has 1 aliphatic carbocycles. The van der Waals surface area contributed by atoms with Gasteiger partial charge < -0.3 is 16.4 Å². The molecule has 1 saturated heterocycles. The van der Waals surface area contributed by atoms with Crippen LogP contribution in [-0.4, -0.2) is 43.8 Å². The molecule has 5 N–H and O–H groups in total. The number of Topliss-reactive ketones (excluding diaryl/α,β-unsaturated/α-hetero) is 1. The van der Waals surface area contributed by atoms with Crippen LogP contribution in [0.25, 0.3) is 0 Å². The van der Waals surface area contributed by atoms with Gasteiger partial charge in [-0.05, 0) is 79.9 Å². The zero-order valence-corrected chi connectivity index (χ0v) is 25.3. The van der Waals surface area contributed by atoms with Crippen molar-refractivity contribution >= 4 is 38.7 Å². The molecule has 2 aromatic heterocycles. The van der Waals surface area contributed by atoms with Crippen molar-refractivity contribution < 1.29 is 18.0 Å². The number of pyridine rings is 1. The molecule has 5 rings (SSSR count). The Morgan fingerprint density at radius 2 is 1.83 bits per heavy atom. The highest BCUT2D eigenvalue weighted by Gasteiger charge is 2.53. The number of carbonyl (C=O) groups is 2. The van der Waals surface area contributed by atoms with Crippen LogP contribution >= 0.6 is 11.3 Å². The summed E-state index contributed by atoms with van der Waals surface area (Å²) < 4.78 is 28.1. The molecule has 3 atom stereocenters. The number of amides is 1. The van der Waals surface area contributed by atoms with Crippen molar-refractivity contribution in [1.82, 2.24) is 15.6 Å². The van der Waals surface area contributed by atoms with Crippen LogP contribution in [0.5, 0.6) is 0 Å². The Bertz CT molecular complexity index is 1440. The Morgan fingerprint density at radius 3 is 2.52 bits per heavy atom. The number of sulfonamides is 1. The molecule has 9 nitrogen and oxygen atoms in total. The third-order valence-electron chi connectivity index (χ3n) is 8.48. The second-order valence-corrected chi connectivity index (χ2v) is 14.0. The fraction of sp³-hybridized carbons (Fsp3) is 0.452. The fourth-order valence-electron chi connectivity index (χ4n) is 6.32. The summed E-state index contributed by atoms with van der Waals surface area (Å²) >= 11 is 1.62. The van der Waals surface area contributed by atoms with E-state index in [9.17, 15) is 18.0 Å². The number of nitrogens with one attached hydrogen (secondary N) is 3. The summed E-state index contributed by atoms with van der Waals surface area (Å²) in [5.74, 6) is -0.820. The van der Waals surface area contributed by atoms with Crippen molar-refractivity contribution in [2.75, 3.05) is 11.3 Å². The summed E-state index contributed by atoms with van der Waals surface area (Å²) in [5.41, 5.74) is 6.78. The number of aryl methyl sites for hydroxylation is 1. The topological polar surface area (TPSA) is 143 Å². The van der Waals surface area contributed by atoms with E-state index >= 15 is 0 Å². The number of hydrogen-bond acceptors (Lipinski definition) is 8. The molecule has 1 aromatic carbocycles. The molecule has 1 amide bonds. The summed E-state index contributed by atoms with van der Waals surface area (Å²) in [4.78, 5) is 33.2. The summed E-state index contributed by atoms with van der Waals surface area (Å²) in [7, 11) is -3.84. The minimum absolute atomic E-state index is 0.0124. The van der Waals surface area contributed by atoms with Crippen LogP contribution in [0.3, 0.4) is 0 Å². The molecular weight excluding hydrogens is 571 g/mol. The number of ketones is 1. The Kier molecular flexibility index (Phi) is 9.72. The second kappa shape index (κ2) is 13.5. The average molecular weight is 610 g/mol. The Balaban J connectivity index is 1.40. The molecule has 2 aliphatic rings. The van der Waals surface area contributed by atoms with Crippen LogP contribution in [0.4, 0.5) is 5.69 Å². The molecule has 1 aliphatic heterocycles. The average Bonchev–Trinajstić information content (AvgIpc) is 3.52. The molecule has 0 radical (unpaired) electrons. The van der Waals surface area contributed by atoms with Crippen molar-refractivity contribution in [1.29, 1.82) is 0 Å². The van der Waals surface area contributed by atoms with E-state index < -0.39 is 27.5 Å². The number of benzene rings is 1. The normalized spacial score (nSPS) is 23.3. The van der Waals surface area contributed by atoms with Crippen molar-refractivity contribution in [2.45, 2.75) is 75.0 Å². The van der Waals surface area contributed by atoms with Crippen LogP contribution in [0.2, 0.25) is 0 Å². The molecule has 224 valence electrons. The lowest BCUT2D eigenvalue weighted by Gasteiger charge is -2.46. The zero-order valence-electron chi connectivity index (χ0n) is 23.6. The Hall–Kier alpha value is -3.12. The van der Waals surface area contributed by atoms with Gasteiger partial charge in [0.25, 0.3) is 10.0 Å². The zero-order chi connectivity index (χ0) is 29.6. The van der Waals surface area contributed by atoms with E-state index in [-0.39, 0.29) is 22.8 Å². The molecule has 2 fully saturated rings. The fourth-order valence-corrected chi connectivity index (χ4v) is 8.04. The summed E-state index contributed by atoms with van der Waals surface area (Å²) in [6.07, 6.45) is 7.73. The van der Waals surface area contributed by atoms with Gasteiger partial charge in [-0.25, -0.2) is 4.98 Å². The number of nitrogens with zero attached hydrogens (tertiary/aromatic N) is 1. The maximum Gasteiger partial charge on any atom is 0.279 e. The molecule has 11 heteroatoms. The predicted octanol–water partition coefficient (Wildman–Crippen LogP) is 4.02. The molecule has 3 unspecified atom stereocenters. The van der Waals surface area contributed by atoms with E-state index in [0.29, 0.717) is 37.9 Å². The number of piperidine rings is 1. The molecule has 42 heavy (non-hydrogen) atoms. The number of rotatable bonds is 11. The molecule has 0 spiro atoms. The van der Waals surface area contributed by atoms with Crippen molar-refractivity contribution in [2.24, 2.45) is 17.1 Å². The number of thiophene rings is 1. The number of hydrogen-bond donors (Lipinski definition) is 4. The van der Waals surface area contributed by atoms with E-state index in [1.807, 2.05) is 29.6 Å². The van der Waals surface area contributed by atoms with E-state index in [1.54, 1.807) is 35.6 Å². The number of aromatic nitrogens is 1. The van der Waals surface area contributed by atoms with Gasteiger partial charge in [-0.2, -0.15) is 8.42 Å². The highest BCUT2D eigenvalue weighted by atomic mass is 32.2. The maximum atomic E-state index is 14.3. The van der Waals surface area contributed by atoms with Crippen LogP contribution in [-0.2, 0) is 32.5 Å². The standard InChI is InChI=1S/C31H39N5O4S2/c32-29-28(26(37)16-15-25-9-6-20-41-25)31(17-19-34-29,30(38)35-23-7-2-1-3-8-23)21-22-11-13-24(14-12-22)36-42(39,40)27-10-4-5-18-33-27/h4-6,9-14,18,20,23,28-29,34,36H,1-3,7-8,15-17,19,21,32H2,(H,35,38). The SMILES string of the molecule is NC1NCCC(Cc2ccc(NS(=O)(=O)c3ccccn3)cc2)(C(=O)NC2CCCCC2)C1C(=O)CCc1cccs1. The van der Waals surface area contributed by atoms with E-state index in [1.165, 1.54) is 18.7 Å². The van der Waals surface area contributed by atoms with Gasteiger partial charge in [-0.15, -0.1) is 11.3 Å². The van der Waals surface area contributed by atoms with E-state index in [4.69, 9.17) is 5.73 Å². The van der Waals surface area contributed by atoms with Gasteiger partial charge in [0.15, 0.2) is 5.03 Å². The lowest BCUT2D eigenvalue weighted by atomic mass is 9.63. The van der Waals surface area contributed by atoms with Crippen LogP contribution in [0.1, 0.15) is 55.4 Å². The molecule has 3 heterocycles. The highest BCUT2D eigenvalue weighted by molar-refractivity contribution is 7.92. The van der Waals surface area contributed by atoms with Gasteiger partial charge in [0.1, 0.15) is 5.78 Å². The summed E-state index contributed by atoms with van der Waals surface area (Å²) in [6, 6.07) is 15.8. The first-order valence-electron chi connectivity index (χ1n) is 14.6. The third kappa shape index (κ3) is 7.08. The number of nitrogens with two attached hydrogens (primary N) is 1. The third-order valence-corrected chi connectivity index (χ3v) is 10.7. The van der Waals surface area contributed by atoms with E-state index in [2.05, 4.69) is 20.3 Å². The van der Waals surface area contributed by atoms with Crippen LogP contribution in [0.15, 0.2) is 71.2 Å². The first-order chi connectivity index (χ1) is 20.3. The van der Waals surface area contributed by atoms with Gasteiger partial charge >= 0.3 is 0 Å². The lowest BCUT2D eigenvalue weighted by Crippen LogP contribution is -2.65. The Labute approximate surface area is 251 Å². The summed E-state index contributed by atoms with van der Waals surface area (Å²) in [6.45, 7) is 0.524. The van der Waals surface area contributed by atoms with Crippen LogP contribution in [0, 0.1) is 11.3 Å². The van der Waals surface area contributed by atoms with Gasteiger partial charge in [-0.1, -0.05) is 43.5 Å². The number of anilines is 1. The van der Waals surface area contributed by atoms with Gasteiger partial charge in [0, 0.05) is 29.2 Å². The van der Waals surface area contributed by atoms with Gasteiger partial charge in [-0.3, -0.25) is 14.3 Å². The van der Waals surface area contributed by atoms with Gasteiger partial charge in [0.2, 0.25) is 5.91 Å². The maximum absolute atomic E-state index is 14.3. The quantitative estimate of drug-likeness (QED) is 0.257. The number of carbonyl (C=O) groups excluding carboxylic acids is 2. The molecular formula is C31H39N5O4S2. The smallest absolute Gasteiger partial charge is 0.279 e. The molecule has 1 saturated carbocycles. The van der Waals surface area contributed by atoms with Crippen molar-refractivity contribution in [3.8, 4) is 0 Å². The van der Waals surface area contributed by atoms with Crippen molar-refractivity contribution in [3.05, 3.63) is 76.6 Å². The molecule has 3 aromatic rings. The summed E-state index contributed by atoms with van der Waals surface area (Å²) in [5, 5.41) is 8.49. The first-order valence-corrected chi connectivity index (χ1v) is 17.0. The van der Waals surface area contributed by atoms with E-state index in [0.717, 1.165) is 36.1 Å². The van der Waals surface area contributed by atoms with Gasteiger partial charge in [0.05, 0.1) is 17.5 Å². The predicted molar refractivity (Wildman–Crippen MR) is 164 cm³/mol. The Morgan fingerprint density at radius 1 is 1.05 bits per heavy atom. The largest absolute Gasteiger partial charge is 0.353 e. The van der Waals surface area contributed by atoms with Crippen molar-refractivity contribution in [3.63, 3.8) is 0 Å². The molecule has 0 bridgehead atoms. The highest BCUT2D eigenvalue weighted by Crippen LogP contribution is 2.42. The lowest BCUT2D eigenvalue weighted by molar-refractivity contribution is -0.146.